The Bertz CT molecular complexity index is 628. The molecule has 0 amide bonds. The third-order valence-electron chi connectivity index (χ3n) is 2.48. The molecule has 92 valence electrons. The normalized spacial score (nSPS) is 10.4. The molecule has 1 aromatic carbocycles. The van der Waals surface area contributed by atoms with Crippen molar-refractivity contribution < 1.29 is 9.18 Å². The fraction of sp³-hybridized carbons (Fsp3) is 0.0769. The van der Waals surface area contributed by atoms with E-state index in [1.165, 1.54) is 12.1 Å². The van der Waals surface area contributed by atoms with Crippen LogP contribution in [0.15, 0.2) is 30.5 Å². The van der Waals surface area contributed by atoms with E-state index < -0.39 is 5.82 Å². The zero-order chi connectivity index (χ0) is 13.3. The monoisotopic (exact) mass is 264 g/mol. The number of aryl methyl sites for hydroxylation is 1. The summed E-state index contributed by atoms with van der Waals surface area (Å²) in [6, 6.07) is 5.23. The first-order valence-electron chi connectivity index (χ1n) is 5.21. The number of halogens is 2. The summed E-state index contributed by atoms with van der Waals surface area (Å²) in [5.74, 6) is -0.730. The van der Waals surface area contributed by atoms with Crippen molar-refractivity contribution in [1.82, 2.24) is 4.98 Å². The predicted octanol–water partition coefficient (Wildman–Crippen LogP) is 3.00. The summed E-state index contributed by atoms with van der Waals surface area (Å²) in [5.41, 5.74) is 6.94. The number of hydrogen-bond acceptors (Lipinski definition) is 3. The van der Waals surface area contributed by atoms with E-state index in [0.29, 0.717) is 0 Å². The maximum absolute atomic E-state index is 12.9. The summed E-state index contributed by atoms with van der Waals surface area (Å²) < 4.78 is 12.9. The van der Waals surface area contributed by atoms with Crippen molar-refractivity contribution in [3.05, 3.63) is 58.0 Å². The van der Waals surface area contributed by atoms with Gasteiger partial charge in [0.25, 0.3) is 0 Å². The summed E-state index contributed by atoms with van der Waals surface area (Å²) in [7, 11) is 0. The van der Waals surface area contributed by atoms with Gasteiger partial charge in [-0.25, -0.2) is 9.37 Å². The second kappa shape index (κ2) is 4.74. The highest BCUT2D eigenvalue weighted by atomic mass is 35.5. The summed E-state index contributed by atoms with van der Waals surface area (Å²) >= 11 is 5.84. The van der Waals surface area contributed by atoms with Crippen LogP contribution >= 0.6 is 11.6 Å². The van der Waals surface area contributed by atoms with Crippen molar-refractivity contribution in [2.24, 2.45) is 0 Å². The lowest BCUT2D eigenvalue weighted by Crippen LogP contribution is -2.08. The maximum Gasteiger partial charge on any atom is 0.198 e. The van der Waals surface area contributed by atoms with Crippen LogP contribution in [0.25, 0.3) is 0 Å². The SMILES string of the molecule is Cc1cnc(N)c(C(=O)c2ccc(F)cc2Cl)c1. The summed E-state index contributed by atoms with van der Waals surface area (Å²) in [4.78, 5) is 16.1. The number of ketones is 1. The van der Waals surface area contributed by atoms with Crippen LogP contribution in [0.2, 0.25) is 5.02 Å². The Kier molecular flexibility index (Phi) is 3.30. The van der Waals surface area contributed by atoms with Crippen molar-refractivity contribution >= 4 is 23.2 Å². The Morgan fingerprint density at radius 2 is 2.06 bits per heavy atom. The second-order valence-corrected chi connectivity index (χ2v) is 4.31. The van der Waals surface area contributed by atoms with Crippen LogP contribution in [0.3, 0.4) is 0 Å². The summed E-state index contributed by atoms with van der Waals surface area (Å²) in [6.07, 6.45) is 1.57. The predicted molar refractivity (Wildman–Crippen MR) is 68.2 cm³/mol. The van der Waals surface area contributed by atoms with E-state index in [2.05, 4.69) is 4.98 Å². The average molecular weight is 265 g/mol. The van der Waals surface area contributed by atoms with Gasteiger partial charge in [-0.2, -0.15) is 0 Å². The Balaban J connectivity index is 2.51. The second-order valence-electron chi connectivity index (χ2n) is 3.90. The van der Waals surface area contributed by atoms with Gasteiger partial charge in [0.1, 0.15) is 11.6 Å². The molecule has 2 rings (SSSR count). The zero-order valence-corrected chi connectivity index (χ0v) is 10.3. The van der Waals surface area contributed by atoms with E-state index >= 15 is 0 Å². The van der Waals surface area contributed by atoms with E-state index in [1.807, 2.05) is 0 Å². The topological polar surface area (TPSA) is 56.0 Å². The van der Waals surface area contributed by atoms with Crippen molar-refractivity contribution in [3.63, 3.8) is 0 Å². The Labute approximate surface area is 108 Å². The van der Waals surface area contributed by atoms with Crippen LogP contribution in [0.4, 0.5) is 10.2 Å². The average Bonchev–Trinajstić information content (AvgIpc) is 2.31. The number of nitrogens with two attached hydrogens (primary N) is 1. The van der Waals surface area contributed by atoms with Crippen molar-refractivity contribution in [2.45, 2.75) is 6.92 Å². The van der Waals surface area contributed by atoms with Crippen LogP contribution in [0.1, 0.15) is 21.5 Å². The number of nitrogens with zero attached hydrogens (tertiary/aromatic N) is 1. The van der Waals surface area contributed by atoms with Gasteiger partial charge in [-0.3, -0.25) is 4.79 Å². The van der Waals surface area contributed by atoms with Gasteiger partial charge < -0.3 is 5.73 Å². The lowest BCUT2D eigenvalue weighted by molar-refractivity contribution is 0.103. The minimum absolute atomic E-state index is 0.0564. The third-order valence-corrected chi connectivity index (χ3v) is 2.79. The number of pyridine rings is 1. The van der Waals surface area contributed by atoms with Crippen molar-refractivity contribution in [2.75, 3.05) is 5.73 Å². The van der Waals surface area contributed by atoms with Gasteiger partial charge in [0.15, 0.2) is 5.78 Å². The van der Waals surface area contributed by atoms with Crippen LogP contribution in [0, 0.1) is 12.7 Å². The molecule has 0 bridgehead atoms. The number of carbonyl (C=O) groups is 1. The van der Waals surface area contributed by atoms with E-state index in [1.54, 1.807) is 19.2 Å². The van der Waals surface area contributed by atoms with E-state index in [4.69, 9.17) is 17.3 Å². The first-order chi connectivity index (χ1) is 8.49. The molecule has 1 heterocycles. The fourth-order valence-corrected chi connectivity index (χ4v) is 1.83. The van der Waals surface area contributed by atoms with Crippen LogP contribution in [0.5, 0.6) is 0 Å². The lowest BCUT2D eigenvalue weighted by Gasteiger charge is -2.06. The molecule has 0 atom stereocenters. The molecule has 3 nitrogen and oxygen atoms in total. The van der Waals surface area contributed by atoms with Gasteiger partial charge in [-0.15, -0.1) is 0 Å². The molecular formula is C13H10ClFN2O. The van der Waals surface area contributed by atoms with Gasteiger partial charge in [-0.05, 0) is 36.8 Å². The van der Waals surface area contributed by atoms with Crippen LogP contribution in [-0.4, -0.2) is 10.8 Å². The maximum atomic E-state index is 12.9. The number of hydrogen-bond donors (Lipinski definition) is 1. The Morgan fingerprint density at radius 1 is 1.33 bits per heavy atom. The van der Waals surface area contributed by atoms with Crippen molar-refractivity contribution in [1.29, 1.82) is 0 Å². The highest BCUT2D eigenvalue weighted by Crippen LogP contribution is 2.23. The van der Waals surface area contributed by atoms with Gasteiger partial charge in [0.2, 0.25) is 0 Å². The molecule has 2 aromatic rings. The highest BCUT2D eigenvalue weighted by Gasteiger charge is 2.16. The molecule has 5 heteroatoms. The number of anilines is 1. The first-order valence-corrected chi connectivity index (χ1v) is 5.58. The van der Waals surface area contributed by atoms with Gasteiger partial charge >= 0.3 is 0 Å². The Hall–Kier alpha value is -1.94. The minimum Gasteiger partial charge on any atom is -0.383 e. The number of rotatable bonds is 2. The molecule has 0 radical (unpaired) electrons. The molecule has 0 spiro atoms. The Morgan fingerprint density at radius 3 is 2.72 bits per heavy atom. The molecule has 0 aliphatic heterocycles. The van der Waals surface area contributed by atoms with Gasteiger partial charge in [0, 0.05) is 11.8 Å². The van der Waals surface area contributed by atoms with Gasteiger partial charge in [0.05, 0.1) is 10.6 Å². The summed E-state index contributed by atoms with van der Waals surface area (Å²) in [5, 5.41) is 0.0564. The third kappa shape index (κ3) is 2.33. The number of carbonyl (C=O) groups excluding carboxylic acids is 1. The number of benzene rings is 1. The molecule has 1 aromatic heterocycles. The van der Waals surface area contributed by atoms with E-state index in [0.717, 1.165) is 11.6 Å². The zero-order valence-electron chi connectivity index (χ0n) is 9.58. The molecule has 0 unspecified atom stereocenters. The fourth-order valence-electron chi connectivity index (χ4n) is 1.58. The number of aromatic nitrogens is 1. The molecule has 0 saturated carbocycles. The lowest BCUT2D eigenvalue weighted by atomic mass is 10.0. The highest BCUT2D eigenvalue weighted by molar-refractivity contribution is 6.35. The molecular weight excluding hydrogens is 255 g/mol. The number of nitrogen functional groups attached to an aromatic ring is 1. The first kappa shape index (κ1) is 12.5. The molecule has 0 aliphatic carbocycles. The minimum atomic E-state index is -0.494. The molecule has 18 heavy (non-hydrogen) atoms. The molecule has 0 fully saturated rings. The molecule has 2 N–H and O–H groups in total. The quantitative estimate of drug-likeness (QED) is 0.849. The van der Waals surface area contributed by atoms with Crippen molar-refractivity contribution in [3.8, 4) is 0 Å². The summed E-state index contributed by atoms with van der Waals surface area (Å²) in [6.45, 7) is 1.80. The van der Waals surface area contributed by atoms with E-state index in [9.17, 15) is 9.18 Å². The standard InChI is InChI=1S/C13H10ClFN2O/c1-7-4-10(13(16)17-6-7)12(18)9-3-2-8(15)5-11(9)14/h2-6H,1H3,(H2,16,17). The van der Waals surface area contributed by atoms with E-state index in [-0.39, 0.29) is 27.8 Å². The molecule has 0 saturated heterocycles. The largest absolute Gasteiger partial charge is 0.383 e. The van der Waals surface area contributed by atoms with Crippen LogP contribution in [-0.2, 0) is 0 Å². The molecule has 0 aliphatic rings. The van der Waals surface area contributed by atoms with Gasteiger partial charge in [-0.1, -0.05) is 11.6 Å². The van der Waals surface area contributed by atoms with Crippen LogP contribution < -0.4 is 5.73 Å². The smallest absolute Gasteiger partial charge is 0.198 e.